The van der Waals surface area contributed by atoms with Crippen LogP contribution in [-0.2, 0) is 18.3 Å². The number of carbonyl (C=O) groups excluding carboxylic acids is 2. The van der Waals surface area contributed by atoms with Gasteiger partial charge in [0.1, 0.15) is 6.54 Å². The molecule has 138 valence electrons. The first-order chi connectivity index (χ1) is 12.4. The van der Waals surface area contributed by atoms with E-state index in [0.29, 0.717) is 18.7 Å². The monoisotopic (exact) mass is 356 g/mol. The topological polar surface area (TPSA) is 78.7 Å². The molecule has 1 aliphatic heterocycles. The number of rotatable bonds is 4. The van der Waals surface area contributed by atoms with Gasteiger partial charge in [-0.1, -0.05) is 30.3 Å². The van der Waals surface area contributed by atoms with Crippen LogP contribution in [0.15, 0.2) is 36.4 Å². The summed E-state index contributed by atoms with van der Waals surface area (Å²) in [6.45, 7) is 2.70. The molecule has 0 aliphatic carbocycles. The molecule has 0 saturated carbocycles. The van der Waals surface area contributed by atoms with E-state index >= 15 is 0 Å². The number of hydrogen-bond acceptors (Lipinski definition) is 4. The molecule has 2 aromatic rings. The van der Waals surface area contributed by atoms with Crippen LogP contribution in [0.5, 0.6) is 0 Å². The lowest BCUT2D eigenvalue weighted by Crippen LogP contribution is -2.40. The summed E-state index contributed by atoms with van der Waals surface area (Å²) in [5.74, 6) is -0.482. The molecule has 2 heterocycles. The van der Waals surface area contributed by atoms with Crippen LogP contribution < -0.4 is 0 Å². The van der Waals surface area contributed by atoms with Crippen molar-refractivity contribution in [1.29, 1.82) is 0 Å². The zero-order valence-electron chi connectivity index (χ0n) is 15.1. The van der Waals surface area contributed by atoms with Crippen LogP contribution in [0, 0.1) is 6.92 Å². The standard InChI is InChI=1S/C19H24N4O3/c1-14-10-17(20-21(14)2)19(26)23-12-16(24)11-22(18(25)13-23)9-8-15-6-4-3-5-7-15/h3-7,10,16,24H,8-9,11-13H2,1-2H3. The Balaban J connectivity index is 1.67. The third-order valence-electron chi connectivity index (χ3n) is 4.67. The van der Waals surface area contributed by atoms with Gasteiger partial charge >= 0.3 is 0 Å². The van der Waals surface area contributed by atoms with E-state index in [1.165, 1.54) is 4.90 Å². The van der Waals surface area contributed by atoms with E-state index in [0.717, 1.165) is 11.3 Å². The van der Waals surface area contributed by atoms with Crippen molar-refractivity contribution in [3.63, 3.8) is 0 Å². The van der Waals surface area contributed by atoms with Gasteiger partial charge in [-0.15, -0.1) is 0 Å². The van der Waals surface area contributed by atoms with Gasteiger partial charge in [0.25, 0.3) is 5.91 Å². The molecular formula is C19H24N4O3. The van der Waals surface area contributed by atoms with Gasteiger partial charge in [0.05, 0.1) is 6.10 Å². The van der Waals surface area contributed by atoms with Crippen LogP contribution >= 0.6 is 0 Å². The second-order valence-electron chi connectivity index (χ2n) is 6.71. The smallest absolute Gasteiger partial charge is 0.274 e. The lowest BCUT2D eigenvalue weighted by atomic mass is 10.1. The highest BCUT2D eigenvalue weighted by atomic mass is 16.3. The molecule has 7 heteroatoms. The molecule has 1 aliphatic rings. The van der Waals surface area contributed by atoms with Crippen molar-refractivity contribution in [3.8, 4) is 0 Å². The summed E-state index contributed by atoms with van der Waals surface area (Å²) in [5.41, 5.74) is 2.29. The zero-order chi connectivity index (χ0) is 18.7. The van der Waals surface area contributed by atoms with Crippen molar-refractivity contribution < 1.29 is 14.7 Å². The molecule has 1 aromatic heterocycles. The van der Waals surface area contributed by atoms with Gasteiger partial charge in [0.15, 0.2) is 5.69 Å². The van der Waals surface area contributed by atoms with Gasteiger partial charge in [-0.05, 0) is 25.0 Å². The molecular weight excluding hydrogens is 332 g/mol. The summed E-state index contributed by atoms with van der Waals surface area (Å²) in [4.78, 5) is 28.3. The van der Waals surface area contributed by atoms with Crippen LogP contribution in [0.1, 0.15) is 21.7 Å². The van der Waals surface area contributed by atoms with Crippen LogP contribution in [0.4, 0.5) is 0 Å². The second-order valence-corrected chi connectivity index (χ2v) is 6.71. The zero-order valence-corrected chi connectivity index (χ0v) is 15.1. The van der Waals surface area contributed by atoms with Crippen molar-refractivity contribution in [1.82, 2.24) is 19.6 Å². The quantitative estimate of drug-likeness (QED) is 0.871. The van der Waals surface area contributed by atoms with Crippen molar-refractivity contribution in [3.05, 3.63) is 53.3 Å². The Bertz CT molecular complexity index is 768. The highest BCUT2D eigenvalue weighted by molar-refractivity contribution is 5.95. The minimum Gasteiger partial charge on any atom is -0.389 e. The lowest BCUT2D eigenvalue weighted by Gasteiger charge is -2.21. The molecule has 0 spiro atoms. The SMILES string of the molecule is Cc1cc(C(=O)N2CC(=O)N(CCc3ccccc3)CC(O)C2)nn1C. The molecule has 26 heavy (non-hydrogen) atoms. The summed E-state index contributed by atoms with van der Waals surface area (Å²) in [7, 11) is 1.76. The molecule has 2 amide bonds. The second kappa shape index (κ2) is 7.70. The third-order valence-corrected chi connectivity index (χ3v) is 4.67. The molecule has 7 nitrogen and oxygen atoms in total. The van der Waals surface area contributed by atoms with Gasteiger partial charge in [-0.2, -0.15) is 5.10 Å². The number of benzene rings is 1. The molecule has 1 atom stereocenters. The maximum atomic E-state index is 12.7. The normalized spacial score (nSPS) is 18.1. The van der Waals surface area contributed by atoms with E-state index < -0.39 is 6.10 Å². The van der Waals surface area contributed by atoms with Crippen molar-refractivity contribution in [2.75, 3.05) is 26.2 Å². The Hall–Kier alpha value is -2.67. The van der Waals surface area contributed by atoms with E-state index in [2.05, 4.69) is 5.10 Å². The average Bonchev–Trinajstić information content (AvgIpc) is 2.88. The molecule has 0 bridgehead atoms. The number of aliphatic hydroxyl groups excluding tert-OH is 1. The van der Waals surface area contributed by atoms with Crippen LogP contribution in [0.3, 0.4) is 0 Å². The van der Waals surface area contributed by atoms with Gasteiger partial charge in [-0.3, -0.25) is 14.3 Å². The maximum Gasteiger partial charge on any atom is 0.274 e. The fourth-order valence-corrected chi connectivity index (χ4v) is 3.10. The number of amides is 2. The van der Waals surface area contributed by atoms with Gasteiger partial charge < -0.3 is 14.9 Å². The summed E-state index contributed by atoms with van der Waals surface area (Å²) in [6, 6.07) is 11.6. The van der Waals surface area contributed by atoms with Gasteiger partial charge in [0.2, 0.25) is 5.91 Å². The summed E-state index contributed by atoms with van der Waals surface area (Å²) >= 11 is 0. The third kappa shape index (κ3) is 4.11. The van der Waals surface area contributed by atoms with Gasteiger partial charge in [0, 0.05) is 32.4 Å². The fourth-order valence-electron chi connectivity index (χ4n) is 3.10. The number of hydrogen-bond donors (Lipinski definition) is 1. The predicted octanol–water partition coefficient (Wildman–Crippen LogP) is 0.617. The largest absolute Gasteiger partial charge is 0.389 e. The van der Waals surface area contributed by atoms with E-state index in [4.69, 9.17) is 0 Å². The van der Waals surface area contributed by atoms with E-state index in [1.54, 1.807) is 22.7 Å². The van der Waals surface area contributed by atoms with Crippen LogP contribution in [0.25, 0.3) is 0 Å². The number of nitrogens with zero attached hydrogens (tertiary/aromatic N) is 4. The fraction of sp³-hybridized carbons (Fsp3) is 0.421. The number of aromatic nitrogens is 2. The average molecular weight is 356 g/mol. The molecule has 1 N–H and O–H groups in total. The molecule has 3 rings (SSSR count). The Morgan fingerprint density at radius 2 is 2.00 bits per heavy atom. The first-order valence-electron chi connectivity index (χ1n) is 8.73. The van der Waals surface area contributed by atoms with Crippen molar-refractivity contribution >= 4 is 11.8 Å². The molecule has 1 saturated heterocycles. The molecule has 1 unspecified atom stereocenters. The number of aliphatic hydroxyl groups is 1. The Morgan fingerprint density at radius 3 is 2.65 bits per heavy atom. The van der Waals surface area contributed by atoms with E-state index in [-0.39, 0.29) is 31.4 Å². The summed E-state index contributed by atoms with van der Waals surface area (Å²) in [5, 5.41) is 14.5. The summed E-state index contributed by atoms with van der Waals surface area (Å²) < 4.78 is 1.62. The Kier molecular flexibility index (Phi) is 5.37. The Morgan fingerprint density at radius 1 is 1.27 bits per heavy atom. The first kappa shape index (κ1) is 18.1. The predicted molar refractivity (Wildman–Crippen MR) is 96.6 cm³/mol. The van der Waals surface area contributed by atoms with Crippen LogP contribution in [0.2, 0.25) is 0 Å². The number of aryl methyl sites for hydroxylation is 2. The lowest BCUT2D eigenvalue weighted by molar-refractivity contribution is -0.131. The van der Waals surface area contributed by atoms with E-state index in [9.17, 15) is 14.7 Å². The highest BCUT2D eigenvalue weighted by Gasteiger charge is 2.30. The highest BCUT2D eigenvalue weighted by Crippen LogP contribution is 2.12. The molecule has 1 aromatic carbocycles. The maximum absolute atomic E-state index is 12.7. The first-order valence-corrected chi connectivity index (χ1v) is 8.73. The summed E-state index contributed by atoms with van der Waals surface area (Å²) in [6.07, 6.45) is -0.0573. The number of β-amino-alcohol motifs (C(OH)–C–C–N with tert-alkyl or cyclic N) is 1. The minimum atomic E-state index is -0.772. The molecule has 0 radical (unpaired) electrons. The van der Waals surface area contributed by atoms with Gasteiger partial charge in [-0.25, -0.2) is 0 Å². The Labute approximate surface area is 152 Å². The molecule has 1 fully saturated rings. The van der Waals surface area contributed by atoms with Crippen molar-refractivity contribution in [2.24, 2.45) is 7.05 Å². The minimum absolute atomic E-state index is 0.0414. The number of carbonyl (C=O) groups is 2. The van der Waals surface area contributed by atoms with Crippen molar-refractivity contribution in [2.45, 2.75) is 19.4 Å². The van der Waals surface area contributed by atoms with E-state index in [1.807, 2.05) is 37.3 Å². The van der Waals surface area contributed by atoms with Crippen LogP contribution in [-0.4, -0.2) is 68.8 Å².